The first-order valence-corrected chi connectivity index (χ1v) is 9.10. The van der Waals surface area contributed by atoms with Crippen LogP contribution in [0.2, 0.25) is 0 Å². The fourth-order valence-corrected chi connectivity index (χ4v) is 2.49. The Labute approximate surface area is 157 Å². The molecule has 1 atom stereocenters. The fraction of sp³-hybridized carbons (Fsp3) is 0.444. The van der Waals surface area contributed by atoms with Crippen molar-refractivity contribution in [3.63, 3.8) is 0 Å². The van der Waals surface area contributed by atoms with E-state index in [1.54, 1.807) is 7.05 Å². The van der Waals surface area contributed by atoms with Gasteiger partial charge in [-0.3, -0.25) is 4.99 Å². The third-order valence-electron chi connectivity index (χ3n) is 3.54. The Kier molecular flexibility index (Phi) is 7.31. The normalized spacial score (nSPS) is 13.0. The van der Waals surface area contributed by atoms with Crippen LogP contribution in [0.4, 0.5) is 0 Å². The van der Waals surface area contributed by atoms with Gasteiger partial charge in [0, 0.05) is 13.1 Å². The predicted molar refractivity (Wildman–Crippen MR) is 103 cm³/mol. The highest BCUT2D eigenvalue weighted by atomic mass is 79.9. The molecular weight excluding hydrogens is 384 g/mol. The van der Waals surface area contributed by atoms with Crippen molar-refractivity contribution >= 4 is 21.9 Å². The summed E-state index contributed by atoms with van der Waals surface area (Å²) in [5, 5.41) is 10.5. The maximum atomic E-state index is 5.91. The van der Waals surface area contributed by atoms with E-state index in [-0.39, 0.29) is 6.10 Å². The first-order chi connectivity index (χ1) is 12.0. The molecule has 2 aromatic rings. The van der Waals surface area contributed by atoms with Crippen LogP contribution in [0.15, 0.2) is 44.3 Å². The van der Waals surface area contributed by atoms with Gasteiger partial charge in [0.1, 0.15) is 11.9 Å². The van der Waals surface area contributed by atoms with Crippen LogP contribution in [-0.4, -0.2) is 30.8 Å². The number of ether oxygens (including phenoxy) is 1. The number of aromatic nitrogens is 1. The molecule has 0 bridgehead atoms. The number of rotatable bonds is 7. The largest absolute Gasteiger partial charge is 0.488 e. The molecule has 2 rings (SSSR count). The van der Waals surface area contributed by atoms with Crippen LogP contribution < -0.4 is 15.4 Å². The minimum atomic E-state index is -0.0185. The van der Waals surface area contributed by atoms with Gasteiger partial charge >= 0.3 is 0 Å². The molecule has 1 aromatic heterocycles. The summed E-state index contributed by atoms with van der Waals surface area (Å²) in [6.07, 6.45) is -0.0185. The Morgan fingerprint density at radius 2 is 2.04 bits per heavy atom. The smallest absolute Gasteiger partial charge is 0.191 e. The summed E-state index contributed by atoms with van der Waals surface area (Å²) < 4.78 is 12.2. The van der Waals surface area contributed by atoms with Gasteiger partial charge in [-0.25, -0.2) is 0 Å². The lowest BCUT2D eigenvalue weighted by Gasteiger charge is -2.18. The number of para-hydroxylation sites is 1. The molecule has 0 fully saturated rings. The molecule has 0 aliphatic heterocycles. The Balaban J connectivity index is 1.78. The predicted octanol–water partition coefficient (Wildman–Crippen LogP) is 3.69. The van der Waals surface area contributed by atoms with Gasteiger partial charge in [-0.2, -0.15) is 0 Å². The van der Waals surface area contributed by atoms with E-state index >= 15 is 0 Å². The molecule has 0 aliphatic carbocycles. The lowest BCUT2D eigenvalue weighted by Crippen LogP contribution is -2.41. The molecule has 0 saturated heterocycles. The number of hydrogen-bond acceptors (Lipinski definition) is 4. The Morgan fingerprint density at radius 1 is 1.28 bits per heavy atom. The van der Waals surface area contributed by atoms with Crippen molar-refractivity contribution in [2.45, 2.75) is 39.3 Å². The second-order valence-corrected chi connectivity index (χ2v) is 6.89. The Morgan fingerprint density at radius 3 is 2.68 bits per heavy atom. The monoisotopic (exact) mass is 408 g/mol. The highest BCUT2D eigenvalue weighted by molar-refractivity contribution is 9.10. The van der Waals surface area contributed by atoms with Crippen molar-refractivity contribution in [2.75, 3.05) is 13.6 Å². The van der Waals surface area contributed by atoms with E-state index in [1.165, 1.54) is 0 Å². The SMILES string of the molecule is CN=C(NCc1cc(C(C)C)no1)NCC(C)Oc1ccccc1Br. The van der Waals surface area contributed by atoms with Gasteiger partial charge in [0.05, 0.1) is 23.3 Å². The van der Waals surface area contributed by atoms with Gasteiger partial charge in [0.2, 0.25) is 0 Å². The van der Waals surface area contributed by atoms with Gasteiger partial charge in [-0.15, -0.1) is 0 Å². The van der Waals surface area contributed by atoms with E-state index in [2.05, 4.69) is 50.6 Å². The maximum Gasteiger partial charge on any atom is 0.191 e. The number of guanidine groups is 1. The zero-order valence-electron chi connectivity index (χ0n) is 15.0. The van der Waals surface area contributed by atoms with Crippen LogP contribution in [0.3, 0.4) is 0 Å². The van der Waals surface area contributed by atoms with Crippen molar-refractivity contribution in [3.05, 3.63) is 46.3 Å². The first kappa shape index (κ1) is 19.3. The van der Waals surface area contributed by atoms with Crippen molar-refractivity contribution in [1.82, 2.24) is 15.8 Å². The van der Waals surface area contributed by atoms with Crippen LogP contribution >= 0.6 is 15.9 Å². The summed E-state index contributed by atoms with van der Waals surface area (Å²) in [5.41, 5.74) is 0.954. The summed E-state index contributed by atoms with van der Waals surface area (Å²) >= 11 is 3.48. The first-order valence-electron chi connectivity index (χ1n) is 8.30. The van der Waals surface area contributed by atoms with Gasteiger partial charge in [0.15, 0.2) is 11.7 Å². The van der Waals surface area contributed by atoms with Gasteiger partial charge in [-0.1, -0.05) is 31.1 Å². The minimum Gasteiger partial charge on any atom is -0.488 e. The van der Waals surface area contributed by atoms with E-state index in [9.17, 15) is 0 Å². The molecule has 25 heavy (non-hydrogen) atoms. The minimum absolute atomic E-state index is 0.0185. The van der Waals surface area contributed by atoms with E-state index in [1.807, 2.05) is 37.3 Å². The Bertz CT molecular complexity index is 700. The summed E-state index contributed by atoms with van der Waals surface area (Å²) in [6.45, 7) is 7.32. The summed E-state index contributed by atoms with van der Waals surface area (Å²) in [7, 11) is 1.73. The third kappa shape index (κ3) is 6.08. The maximum absolute atomic E-state index is 5.91. The molecule has 0 aliphatic rings. The van der Waals surface area contributed by atoms with E-state index in [0.717, 1.165) is 21.7 Å². The molecule has 0 amide bonds. The molecule has 1 unspecified atom stereocenters. The molecule has 0 radical (unpaired) electrons. The molecule has 136 valence electrons. The van der Waals surface area contributed by atoms with E-state index < -0.39 is 0 Å². The van der Waals surface area contributed by atoms with Crippen molar-refractivity contribution in [3.8, 4) is 5.75 Å². The molecule has 2 N–H and O–H groups in total. The van der Waals surface area contributed by atoms with Crippen molar-refractivity contribution in [1.29, 1.82) is 0 Å². The lowest BCUT2D eigenvalue weighted by molar-refractivity contribution is 0.222. The molecule has 0 spiro atoms. The van der Waals surface area contributed by atoms with E-state index in [4.69, 9.17) is 9.26 Å². The highest BCUT2D eigenvalue weighted by Crippen LogP contribution is 2.24. The average molecular weight is 409 g/mol. The molecule has 0 saturated carbocycles. The standard InChI is InChI=1S/C18H25BrN4O2/c1-12(2)16-9-14(25-23-16)11-22-18(20-4)21-10-13(3)24-17-8-6-5-7-15(17)19/h5-9,12-13H,10-11H2,1-4H3,(H2,20,21,22). The number of nitrogens with zero attached hydrogens (tertiary/aromatic N) is 2. The number of benzene rings is 1. The number of nitrogens with one attached hydrogen (secondary N) is 2. The second-order valence-electron chi connectivity index (χ2n) is 6.04. The van der Waals surface area contributed by atoms with Crippen molar-refractivity contribution < 1.29 is 9.26 Å². The zero-order chi connectivity index (χ0) is 18.2. The van der Waals surface area contributed by atoms with Crippen LogP contribution in [0.5, 0.6) is 5.75 Å². The van der Waals surface area contributed by atoms with Crippen molar-refractivity contribution in [2.24, 2.45) is 4.99 Å². The molecule has 6 nitrogen and oxygen atoms in total. The summed E-state index contributed by atoms with van der Waals surface area (Å²) in [4.78, 5) is 4.21. The van der Waals surface area contributed by atoms with Gasteiger partial charge < -0.3 is 19.9 Å². The third-order valence-corrected chi connectivity index (χ3v) is 4.20. The highest BCUT2D eigenvalue weighted by Gasteiger charge is 2.10. The van der Waals surface area contributed by atoms with Gasteiger partial charge in [0.25, 0.3) is 0 Å². The van der Waals surface area contributed by atoms with Crippen LogP contribution in [0.25, 0.3) is 0 Å². The number of halogens is 1. The van der Waals surface area contributed by atoms with Crippen LogP contribution in [0, 0.1) is 0 Å². The average Bonchev–Trinajstić information content (AvgIpc) is 3.06. The second kappa shape index (κ2) is 9.46. The van der Waals surface area contributed by atoms with Gasteiger partial charge in [-0.05, 0) is 40.9 Å². The molecule has 7 heteroatoms. The molecule has 1 aromatic carbocycles. The summed E-state index contributed by atoms with van der Waals surface area (Å²) in [6, 6.07) is 9.76. The summed E-state index contributed by atoms with van der Waals surface area (Å²) in [5.74, 6) is 2.64. The van der Waals surface area contributed by atoms with Crippen LogP contribution in [-0.2, 0) is 6.54 Å². The van der Waals surface area contributed by atoms with E-state index in [0.29, 0.717) is 25.0 Å². The molecular formula is C18H25BrN4O2. The Hall–Kier alpha value is -2.02. The zero-order valence-corrected chi connectivity index (χ0v) is 16.6. The van der Waals surface area contributed by atoms with Crippen LogP contribution in [0.1, 0.15) is 38.1 Å². The lowest BCUT2D eigenvalue weighted by atomic mass is 10.1. The fourth-order valence-electron chi connectivity index (χ4n) is 2.11. The topological polar surface area (TPSA) is 71.7 Å². The number of hydrogen-bond donors (Lipinski definition) is 2. The molecule has 1 heterocycles. The number of aliphatic imine (C=N–C) groups is 1. The quantitative estimate of drug-likeness (QED) is 0.539.